The van der Waals surface area contributed by atoms with E-state index in [-0.39, 0.29) is 24.4 Å². The summed E-state index contributed by atoms with van der Waals surface area (Å²) in [6.45, 7) is 4.90. The Bertz CT molecular complexity index is 789. The highest BCUT2D eigenvalue weighted by Crippen LogP contribution is 2.36. The summed E-state index contributed by atoms with van der Waals surface area (Å²) in [5.41, 5.74) is 0.424. The van der Waals surface area contributed by atoms with Gasteiger partial charge in [-0.1, -0.05) is 0 Å². The lowest BCUT2D eigenvalue weighted by atomic mass is 9.75. The minimum absolute atomic E-state index is 0.0571. The Labute approximate surface area is 176 Å². The molecule has 3 heterocycles. The molecule has 30 heavy (non-hydrogen) atoms. The number of rotatable bonds is 6. The van der Waals surface area contributed by atoms with E-state index < -0.39 is 5.41 Å². The minimum Gasteiger partial charge on any atom is -0.465 e. The summed E-state index contributed by atoms with van der Waals surface area (Å²) in [5, 5.41) is 4.08. The first-order valence-corrected chi connectivity index (χ1v) is 10.3. The Balaban J connectivity index is 1.60. The van der Waals surface area contributed by atoms with Crippen molar-refractivity contribution in [3.8, 4) is 0 Å². The smallest absolute Gasteiger partial charge is 0.302 e. The summed E-state index contributed by atoms with van der Waals surface area (Å²) in [6, 6.07) is 0. The number of piperidine rings is 1. The second-order valence-electron chi connectivity index (χ2n) is 8.06. The second kappa shape index (κ2) is 9.88. The third-order valence-electron chi connectivity index (χ3n) is 5.75. The van der Waals surface area contributed by atoms with Crippen molar-refractivity contribution in [2.45, 2.75) is 26.2 Å². The van der Waals surface area contributed by atoms with Crippen LogP contribution >= 0.6 is 0 Å². The lowest BCUT2D eigenvalue weighted by molar-refractivity contribution is -0.151. The highest BCUT2D eigenvalue weighted by molar-refractivity contribution is 5.91. The number of amides is 2. The van der Waals surface area contributed by atoms with Gasteiger partial charge in [0, 0.05) is 69.8 Å². The predicted octanol–water partition coefficient (Wildman–Crippen LogP) is 0.854. The van der Waals surface area contributed by atoms with Crippen molar-refractivity contribution >= 4 is 23.9 Å². The maximum absolute atomic E-state index is 12.8. The van der Waals surface area contributed by atoms with E-state index in [0.717, 1.165) is 5.56 Å². The van der Waals surface area contributed by atoms with Crippen LogP contribution in [-0.4, -0.2) is 83.4 Å². The molecule has 0 spiro atoms. The van der Waals surface area contributed by atoms with Crippen molar-refractivity contribution in [1.29, 1.82) is 0 Å². The minimum atomic E-state index is -0.440. The number of carbonyl (C=O) groups excluding carboxylic acids is 3. The normalized spacial score (nSPS) is 19.1. The molecule has 0 unspecified atom stereocenters. The molecule has 0 atom stereocenters. The zero-order valence-corrected chi connectivity index (χ0v) is 17.7. The van der Waals surface area contributed by atoms with Gasteiger partial charge in [0.05, 0.1) is 26.0 Å². The fourth-order valence-electron chi connectivity index (χ4n) is 3.87. The predicted molar refractivity (Wildman–Crippen MR) is 109 cm³/mol. The monoisotopic (exact) mass is 418 g/mol. The van der Waals surface area contributed by atoms with Crippen molar-refractivity contribution in [2.75, 3.05) is 46.0 Å². The molecule has 2 amide bonds. The van der Waals surface area contributed by atoms with Gasteiger partial charge in [-0.3, -0.25) is 19.1 Å². The van der Waals surface area contributed by atoms with Gasteiger partial charge in [-0.05, 0) is 18.9 Å². The van der Waals surface area contributed by atoms with Crippen LogP contribution in [0.15, 0.2) is 18.5 Å². The maximum atomic E-state index is 12.8. The molecule has 1 aromatic heterocycles. The number of hydrogen-bond acceptors (Lipinski definition) is 6. The van der Waals surface area contributed by atoms with Gasteiger partial charge >= 0.3 is 5.97 Å². The number of carbonyl (C=O) groups is 3. The molecule has 9 heteroatoms. The van der Waals surface area contributed by atoms with Crippen LogP contribution in [0.3, 0.4) is 0 Å². The molecule has 164 valence electrons. The van der Waals surface area contributed by atoms with Gasteiger partial charge in [0.25, 0.3) is 0 Å². The number of ether oxygens (including phenoxy) is 2. The quantitative estimate of drug-likeness (QED) is 0.502. The van der Waals surface area contributed by atoms with Crippen LogP contribution in [-0.2, 0) is 30.9 Å². The van der Waals surface area contributed by atoms with E-state index in [1.165, 1.54) is 6.92 Å². The van der Waals surface area contributed by atoms with Gasteiger partial charge in [-0.2, -0.15) is 5.10 Å². The van der Waals surface area contributed by atoms with Crippen molar-refractivity contribution in [2.24, 2.45) is 12.5 Å². The van der Waals surface area contributed by atoms with E-state index in [9.17, 15) is 14.4 Å². The number of esters is 1. The molecule has 2 fully saturated rings. The van der Waals surface area contributed by atoms with Crippen LogP contribution < -0.4 is 0 Å². The Morgan fingerprint density at radius 3 is 2.47 bits per heavy atom. The summed E-state index contributed by atoms with van der Waals surface area (Å²) in [7, 11) is 1.82. The molecule has 0 N–H and O–H groups in total. The average Bonchev–Trinajstić information content (AvgIpc) is 3.17. The van der Waals surface area contributed by atoms with Gasteiger partial charge in [0.15, 0.2) is 0 Å². The molecule has 0 aliphatic carbocycles. The summed E-state index contributed by atoms with van der Waals surface area (Å²) >= 11 is 0. The molecule has 0 aromatic carbocycles. The molecule has 0 radical (unpaired) electrons. The molecule has 1 aromatic rings. The lowest BCUT2D eigenvalue weighted by Crippen LogP contribution is -2.48. The van der Waals surface area contributed by atoms with Crippen molar-refractivity contribution in [1.82, 2.24) is 19.6 Å². The first-order valence-electron chi connectivity index (χ1n) is 10.3. The van der Waals surface area contributed by atoms with E-state index in [1.807, 2.05) is 18.1 Å². The largest absolute Gasteiger partial charge is 0.465 e. The number of morpholine rings is 1. The molecule has 2 aliphatic rings. The second-order valence-corrected chi connectivity index (χ2v) is 8.06. The Kier molecular flexibility index (Phi) is 7.25. The summed E-state index contributed by atoms with van der Waals surface area (Å²) < 4.78 is 12.3. The lowest BCUT2D eigenvalue weighted by Gasteiger charge is -2.42. The number of likely N-dealkylation sites (tertiary alicyclic amines) is 1. The fraction of sp³-hybridized carbons (Fsp3) is 0.619. The number of aromatic nitrogens is 2. The van der Waals surface area contributed by atoms with Gasteiger partial charge < -0.3 is 19.3 Å². The van der Waals surface area contributed by atoms with Crippen LogP contribution in [0.5, 0.6) is 0 Å². The zero-order valence-electron chi connectivity index (χ0n) is 17.7. The van der Waals surface area contributed by atoms with Crippen LogP contribution in [0.1, 0.15) is 31.7 Å². The van der Waals surface area contributed by atoms with Crippen LogP contribution in [0.25, 0.3) is 6.08 Å². The Morgan fingerprint density at radius 2 is 1.87 bits per heavy atom. The first-order chi connectivity index (χ1) is 14.4. The summed E-state index contributed by atoms with van der Waals surface area (Å²) in [6.07, 6.45) is 8.37. The van der Waals surface area contributed by atoms with Gasteiger partial charge in [0.2, 0.25) is 11.8 Å². The third-order valence-corrected chi connectivity index (χ3v) is 5.75. The highest BCUT2D eigenvalue weighted by Gasteiger charge is 2.39. The summed E-state index contributed by atoms with van der Waals surface area (Å²) in [5.74, 6) is -0.368. The zero-order chi connectivity index (χ0) is 21.6. The summed E-state index contributed by atoms with van der Waals surface area (Å²) in [4.78, 5) is 40.4. The van der Waals surface area contributed by atoms with E-state index in [0.29, 0.717) is 58.7 Å². The topological polar surface area (TPSA) is 94.0 Å². The van der Waals surface area contributed by atoms with Gasteiger partial charge in [0.1, 0.15) is 0 Å². The molecular formula is C21H30N4O5. The number of aryl methyl sites for hydroxylation is 1. The van der Waals surface area contributed by atoms with Gasteiger partial charge in [-0.15, -0.1) is 0 Å². The SMILES string of the molecule is CC(=O)OCC1(CC(=O)N2CCOCC2)CCN(C(=O)/C=C/c2cnn(C)c2)CC1. The number of nitrogens with zero attached hydrogens (tertiary/aromatic N) is 4. The van der Waals surface area contributed by atoms with Crippen molar-refractivity contribution in [3.63, 3.8) is 0 Å². The average molecular weight is 418 g/mol. The molecular weight excluding hydrogens is 388 g/mol. The Morgan fingerprint density at radius 1 is 1.17 bits per heavy atom. The Hall–Kier alpha value is -2.68. The van der Waals surface area contributed by atoms with Gasteiger partial charge in [-0.25, -0.2) is 0 Å². The molecule has 0 bridgehead atoms. The van der Waals surface area contributed by atoms with Crippen LogP contribution in [0, 0.1) is 5.41 Å². The van der Waals surface area contributed by atoms with Crippen LogP contribution in [0.2, 0.25) is 0 Å². The van der Waals surface area contributed by atoms with E-state index in [2.05, 4.69) is 5.10 Å². The first kappa shape index (κ1) is 22.0. The van der Waals surface area contributed by atoms with Crippen molar-refractivity contribution in [3.05, 3.63) is 24.0 Å². The standard InChI is InChI=1S/C21H30N4O5/c1-17(26)30-16-21(13-20(28)25-9-11-29-12-10-25)5-7-24(8-6-21)19(27)4-3-18-14-22-23(2)15-18/h3-4,14-15H,5-13,16H2,1-2H3/b4-3+. The van der Waals surface area contributed by atoms with Crippen LogP contribution in [0.4, 0.5) is 0 Å². The van der Waals surface area contributed by atoms with E-state index >= 15 is 0 Å². The molecule has 3 rings (SSSR count). The highest BCUT2D eigenvalue weighted by atomic mass is 16.5. The maximum Gasteiger partial charge on any atom is 0.302 e. The fourth-order valence-corrected chi connectivity index (χ4v) is 3.87. The molecule has 0 saturated carbocycles. The van der Waals surface area contributed by atoms with E-state index in [4.69, 9.17) is 9.47 Å². The molecule has 2 saturated heterocycles. The molecule has 2 aliphatic heterocycles. The molecule has 9 nitrogen and oxygen atoms in total. The van der Waals surface area contributed by atoms with Crippen molar-refractivity contribution < 1.29 is 23.9 Å². The third kappa shape index (κ3) is 5.91. The number of hydrogen-bond donors (Lipinski definition) is 0. The van der Waals surface area contributed by atoms with E-state index in [1.54, 1.807) is 27.9 Å².